The summed E-state index contributed by atoms with van der Waals surface area (Å²) in [7, 11) is 0. The van der Waals surface area contributed by atoms with Crippen molar-refractivity contribution in [2.75, 3.05) is 5.32 Å². The van der Waals surface area contributed by atoms with E-state index >= 15 is 0 Å². The van der Waals surface area contributed by atoms with Gasteiger partial charge in [-0.15, -0.1) is 0 Å². The number of rotatable bonds is 5. The van der Waals surface area contributed by atoms with Gasteiger partial charge in [-0.2, -0.15) is 0 Å². The first kappa shape index (κ1) is 24.2. The molecule has 0 unspecified atom stereocenters. The highest BCUT2D eigenvalue weighted by atomic mass is 35.5. The maximum absolute atomic E-state index is 14.6. The summed E-state index contributed by atoms with van der Waals surface area (Å²) in [5.41, 5.74) is 7.07. The second-order valence-corrected chi connectivity index (χ2v) is 8.48. The van der Waals surface area contributed by atoms with Crippen LogP contribution in [0.2, 0.25) is 5.15 Å². The summed E-state index contributed by atoms with van der Waals surface area (Å²) in [6, 6.07) is 9.54. The molecule has 2 heterocycles. The number of hydrogen-bond donors (Lipinski definition) is 3. The van der Waals surface area contributed by atoms with Crippen LogP contribution in [0.25, 0.3) is 22.3 Å². The predicted octanol–water partition coefficient (Wildman–Crippen LogP) is 5.67. The number of halogens is 3. The number of oxime groups is 1. The molecule has 0 amide bonds. The normalized spacial score (nSPS) is 12.7. The molecule has 0 bridgehead atoms. The van der Waals surface area contributed by atoms with E-state index in [0.717, 1.165) is 17.7 Å². The summed E-state index contributed by atoms with van der Waals surface area (Å²) in [6.45, 7) is 5.08. The fraction of sp³-hybridized carbons (Fsp3) is 0.160. The van der Waals surface area contributed by atoms with E-state index in [1.54, 1.807) is 25.1 Å². The van der Waals surface area contributed by atoms with Gasteiger partial charge in [-0.3, -0.25) is 4.79 Å². The lowest BCUT2D eigenvalue weighted by Crippen LogP contribution is -2.19. The zero-order chi connectivity index (χ0) is 25.4. The quantitative estimate of drug-likeness (QED) is 0.107. The number of fused-ring (bicyclic) bond motifs is 1. The van der Waals surface area contributed by atoms with Crippen LogP contribution < -0.4 is 16.5 Å². The topological polar surface area (TPSA) is 114 Å². The number of aromatic nitrogens is 1. The number of nitrogens with two attached hydrogens (primary N) is 1. The van der Waals surface area contributed by atoms with E-state index in [0.29, 0.717) is 11.3 Å². The number of aryl methyl sites for hydroxylation is 1. The van der Waals surface area contributed by atoms with Crippen LogP contribution in [0, 0.1) is 25.5 Å². The number of pyridine rings is 1. The van der Waals surface area contributed by atoms with Gasteiger partial charge in [-0.05, 0) is 56.7 Å². The van der Waals surface area contributed by atoms with Gasteiger partial charge in [0.1, 0.15) is 33.8 Å². The molecule has 0 fully saturated rings. The standard InChI is InChI=1S/C25H21ClF2N4O3/c1-11-9-14(13(3)30-18-7-8-19(26)31-21(18)25(29)32-34)24-15(10-11)22(33)12(2)23(35-24)20-16(27)5-4-6-17(20)28/h4-10,13,30,34H,1-3H3,(H2,29,32)/t13-/m1/s1. The fourth-order valence-corrected chi connectivity index (χ4v) is 4.10. The molecule has 0 saturated heterocycles. The van der Waals surface area contributed by atoms with E-state index in [1.165, 1.54) is 19.1 Å². The fourth-order valence-electron chi connectivity index (χ4n) is 3.95. The van der Waals surface area contributed by atoms with Crippen molar-refractivity contribution in [3.8, 4) is 11.3 Å². The summed E-state index contributed by atoms with van der Waals surface area (Å²) in [6.07, 6.45) is 0. The van der Waals surface area contributed by atoms with Crippen LogP contribution in [0.5, 0.6) is 0 Å². The molecule has 2 aromatic carbocycles. The third-order valence-electron chi connectivity index (χ3n) is 5.63. The first-order chi connectivity index (χ1) is 16.6. The summed E-state index contributed by atoms with van der Waals surface area (Å²) >= 11 is 5.96. The summed E-state index contributed by atoms with van der Waals surface area (Å²) in [4.78, 5) is 17.3. The van der Waals surface area contributed by atoms with E-state index in [1.807, 2.05) is 6.92 Å². The van der Waals surface area contributed by atoms with Crippen LogP contribution in [0.1, 0.15) is 35.3 Å². The molecule has 1 atom stereocenters. The average molecular weight is 499 g/mol. The van der Waals surface area contributed by atoms with Gasteiger partial charge >= 0.3 is 0 Å². The largest absolute Gasteiger partial charge is 0.455 e. The molecule has 0 aliphatic carbocycles. The van der Waals surface area contributed by atoms with Gasteiger partial charge < -0.3 is 20.7 Å². The number of nitrogens with zero attached hydrogens (tertiary/aromatic N) is 2. The van der Waals surface area contributed by atoms with Crippen LogP contribution in [-0.2, 0) is 0 Å². The highest BCUT2D eigenvalue weighted by molar-refractivity contribution is 6.29. The van der Waals surface area contributed by atoms with Crippen LogP contribution >= 0.6 is 11.6 Å². The third kappa shape index (κ3) is 4.42. The Balaban J connectivity index is 1.92. The molecule has 4 N–H and O–H groups in total. The molecule has 2 aromatic heterocycles. The second-order valence-electron chi connectivity index (χ2n) is 8.09. The first-order valence-corrected chi connectivity index (χ1v) is 10.9. The number of anilines is 1. The zero-order valence-corrected chi connectivity index (χ0v) is 19.7. The molecular weight excluding hydrogens is 478 g/mol. The van der Waals surface area contributed by atoms with Crippen molar-refractivity contribution in [3.05, 3.63) is 91.9 Å². The maximum atomic E-state index is 14.6. The molecule has 0 saturated carbocycles. The number of amidine groups is 1. The summed E-state index contributed by atoms with van der Waals surface area (Å²) < 4.78 is 35.2. The van der Waals surface area contributed by atoms with Gasteiger partial charge in [-0.1, -0.05) is 28.9 Å². The van der Waals surface area contributed by atoms with Crippen molar-refractivity contribution < 1.29 is 18.4 Å². The van der Waals surface area contributed by atoms with Crippen molar-refractivity contribution in [1.82, 2.24) is 4.98 Å². The molecule has 4 aromatic rings. The van der Waals surface area contributed by atoms with Crippen molar-refractivity contribution in [2.24, 2.45) is 10.9 Å². The molecule has 0 aliphatic heterocycles. The van der Waals surface area contributed by atoms with Gasteiger partial charge in [-0.25, -0.2) is 13.8 Å². The molecule has 35 heavy (non-hydrogen) atoms. The molecule has 10 heteroatoms. The minimum absolute atomic E-state index is 0.0924. The minimum Gasteiger partial charge on any atom is -0.455 e. The van der Waals surface area contributed by atoms with Gasteiger partial charge in [0.2, 0.25) is 0 Å². The Morgan fingerprint density at radius 3 is 2.54 bits per heavy atom. The Morgan fingerprint density at radius 1 is 1.20 bits per heavy atom. The monoisotopic (exact) mass is 498 g/mol. The van der Waals surface area contributed by atoms with E-state index in [-0.39, 0.29) is 39.0 Å². The Hall–Kier alpha value is -3.98. The van der Waals surface area contributed by atoms with Gasteiger partial charge in [0.25, 0.3) is 0 Å². The van der Waals surface area contributed by atoms with E-state index in [4.69, 9.17) is 27.0 Å². The smallest absolute Gasteiger partial charge is 0.196 e. The lowest BCUT2D eigenvalue weighted by molar-refractivity contribution is 0.318. The molecular formula is C25H21ClF2N4O3. The zero-order valence-electron chi connectivity index (χ0n) is 19.0. The van der Waals surface area contributed by atoms with E-state index < -0.39 is 28.7 Å². The van der Waals surface area contributed by atoms with Gasteiger partial charge in [0.15, 0.2) is 11.3 Å². The van der Waals surface area contributed by atoms with E-state index in [2.05, 4.69) is 15.5 Å². The van der Waals surface area contributed by atoms with Crippen LogP contribution in [0.3, 0.4) is 0 Å². The molecule has 180 valence electrons. The van der Waals surface area contributed by atoms with Crippen LogP contribution in [0.4, 0.5) is 14.5 Å². The van der Waals surface area contributed by atoms with Crippen LogP contribution in [0.15, 0.2) is 56.8 Å². The lowest BCUT2D eigenvalue weighted by Gasteiger charge is -2.20. The summed E-state index contributed by atoms with van der Waals surface area (Å²) in [5.74, 6) is -2.12. The Morgan fingerprint density at radius 2 is 1.89 bits per heavy atom. The highest BCUT2D eigenvalue weighted by Gasteiger charge is 2.23. The summed E-state index contributed by atoms with van der Waals surface area (Å²) in [5, 5.41) is 15.7. The molecule has 7 nitrogen and oxygen atoms in total. The Labute approximate surface area is 203 Å². The lowest BCUT2D eigenvalue weighted by atomic mass is 9.98. The van der Waals surface area contributed by atoms with Crippen LogP contribution in [-0.4, -0.2) is 16.0 Å². The first-order valence-electron chi connectivity index (χ1n) is 10.6. The molecule has 0 radical (unpaired) electrons. The second kappa shape index (κ2) is 9.34. The van der Waals surface area contributed by atoms with Crippen molar-refractivity contribution in [2.45, 2.75) is 26.8 Å². The van der Waals surface area contributed by atoms with Crippen molar-refractivity contribution >= 4 is 34.1 Å². The van der Waals surface area contributed by atoms with Gasteiger partial charge in [0.05, 0.1) is 22.7 Å². The number of nitrogens with one attached hydrogen (secondary N) is 1. The number of hydrogen-bond acceptors (Lipinski definition) is 6. The van der Waals surface area contributed by atoms with Gasteiger partial charge in [0, 0.05) is 11.1 Å². The number of benzene rings is 2. The third-order valence-corrected chi connectivity index (χ3v) is 5.84. The van der Waals surface area contributed by atoms with E-state index in [9.17, 15) is 13.6 Å². The molecule has 4 rings (SSSR count). The molecule has 0 aliphatic rings. The minimum atomic E-state index is -0.842. The Bertz CT molecular complexity index is 1530. The molecule has 0 spiro atoms. The van der Waals surface area contributed by atoms with Crippen molar-refractivity contribution in [3.63, 3.8) is 0 Å². The highest BCUT2D eigenvalue weighted by Crippen LogP contribution is 2.34. The van der Waals surface area contributed by atoms with Crippen molar-refractivity contribution in [1.29, 1.82) is 0 Å². The Kier molecular flexibility index (Phi) is 6.45. The SMILES string of the molecule is Cc1cc([C@@H](C)Nc2ccc(Cl)nc2/C(N)=N/O)c2oc(-c3c(F)cccc3F)c(C)c(=O)c2c1. The maximum Gasteiger partial charge on any atom is 0.196 e. The predicted molar refractivity (Wildman–Crippen MR) is 131 cm³/mol. The average Bonchev–Trinajstić information content (AvgIpc) is 2.82.